The molecule has 1 aromatic heterocycles. The number of carbonyl (C=O) groups excluding carboxylic acids is 4. The quantitative estimate of drug-likeness (QED) is 0.273. The van der Waals surface area contributed by atoms with Gasteiger partial charge in [0.25, 0.3) is 5.91 Å². The highest BCUT2D eigenvalue weighted by Gasteiger charge is 2.34. The fourth-order valence-electron chi connectivity index (χ4n) is 4.73. The van der Waals surface area contributed by atoms with E-state index in [1.165, 1.54) is 5.01 Å². The first-order valence-corrected chi connectivity index (χ1v) is 14.5. The maximum absolute atomic E-state index is 13.2. The van der Waals surface area contributed by atoms with Gasteiger partial charge in [-0.2, -0.15) is 0 Å². The Kier molecular flexibility index (Phi) is 11.4. The summed E-state index contributed by atoms with van der Waals surface area (Å²) in [5.41, 5.74) is 5.31. The highest BCUT2D eigenvalue weighted by Crippen LogP contribution is 2.22. The number of hydrogen-bond acceptors (Lipinski definition) is 7. The molecule has 0 radical (unpaired) electrons. The van der Waals surface area contributed by atoms with Crippen LogP contribution in [0.15, 0.2) is 49.1 Å². The first-order valence-electron chi connectivity index (χ1n) is 14.5. The number of benzene rings is 1. The zero-order valence-electron chi connectivity index (χ0n) is 25.3. The van der Waals surface area contributed by atoms with Crippen molar-refractivity contribution in [1.29, 1.82) is 0 Å². The number of hydrogen-bond donors (Lipinski definition) is 3. The Labute approximate surface area is 247 Å². The molecule has 5 atom stereocenters. The molecule has 10 nitrogen and oxygen atoms in total. The van der Waals surface area contributed by atoms with Gasteiger partial charge in [0.2, 0.25) is 11.8 Å². The average Bonchev–Trinajstić information content (AvgIpc) is 2.98. The predicted molar refractivity (Wildman–Crippen MR) is 163 cm³/mol. The zero-order valence-corrected chi connectivity index (χ0v) is 25.3. The van der Waals surface area contributed by atoms with Crippen LogP contribution >= 0.6 is 0 Å². The van der Waals surface area contributed by atoms with Gasteiger partial charge in [-0.3, -0.25) is 24.2 Å². The molecule has 1 aliphatic rings. The highest BCUT2D eigenvalue weighted by molar-refractivity contribution is 5.92. The second-order valence-corrected chi connectivity index (χ2v) is 11.1. The van der Waals surface area contributed by atoms with Crippen LogP contribution in [-0.4, -0.2) is 58.4 Å². The summed E-state index contributed by atoms with van der Waals surface area (Å²) >= 11 is 0. The van der Waals surface area contributed by atoms with Gasteiger partial charge in [0.05, 0.1) is 17.1 Å². The maximum Gasteiger partial charge on any atom is 0.325 e. The molecule has 3 amide bonds. The van der Waals surface area contributed by atoms with Gasteiger partial charge in [0.1, 0.15) is 24.2 Å². The second-order valence-electron chi connectivity index (χ2n) is 11.1. The Balaban J connectivity index is 1.59. The monoisotopic (exact) mass is 577 g/mol. The fourth-order valence-corrected chi connectivity index (χ4v) is 4.73. The van der Waals surface area contributed by atoms with Gasteiger partial charge in [-0.05, 0) is 57.2 Å². The van der Waals surface area contributed by atoms with Crippen molar-refractivity contribution in [3.8, 4) is 0 Å². The van der Waals surface area contributed by atoms with Gasteiger partial charge < -0.3 is 15.4 Å². The van der Waals surface area contributed by atoms with Crippen LogP contribution in [0.2, 0.25) is 0 Å². The summed E-state index contributed by atoms with van der Waals surface area (Å²) in [6.45, 7) is 14.7. The van der Waals surface area contributed by atoms with E-state index in [-0.39, 0.29) is 23.7 Å². The van der Waals surface area contributed by atoms with Crippen molar-refractivity contribution in [1.82, 2.24) is 26.1 Å². The molecular formula is C32H43N5O5. The Morgan fingerprint density at radius 3 is 2.45 bits per heavy atom. The number of carbonyl (C=O) groups is 4. The Morgan fingerprint density at radius 2 is 1.79 bits per heavy atom. The average molecular weight is 578 g/mol. The molecule has 0 spiro atoms. The number of fused-ring (bicyclic) bond motifs is 1. The van der Waals surface area contributed by atoms with E-state index in [1.807, 2.05) is 51.1 Å². The number of rotatable bonds is 11. The molecule has 2 heterocycles. The van der Waals surface area contributed by atoms with Crippen molar-refractivity contribution in [3.63, 3.8) is 0 Å². The molecule has 10 heteroatoms. The molecule has 1 unspecified atom stereocenters. The summed E-state index contributed by atoms with van der Waals surface area (Å²) in [6, 6.07) is 7.20. The van der Waals surface area contributed by atoms with E-state index < -0.39 is 36.1 Å². The molecule has 1 saturated heterocycles. The summed E-state index contributed by atoms with van der Waals surface area (Å²) in [5, 5.41) is 7.83. The van der Waals surface area contributed by atoms with Gasteiger partial charge >= 0.3 is 5.97 Å². The zero-order chi connectivity index (χ0) is 31.0. The predicted octanol–water partition coefficient (Wildman–Crippen LogP) is 3.84. The van der Waals surface area contributed by atoms with Gasteiger partial charge in [-0.15, -0.1) is 0 Å². The summed E-state index contributed by atoms with van der Waals surface area (Å²) in [7, 11) is 0. The second kappa shape index (κ2) is 14.7. The van der Waals surface area contributed by atoms with Gasteiger partial charge in [-0.25, -0.2) is 10.4 Å². The van der Waals surface area contributed by atoms with Crippen molar-refractivity contribution < 1.29 is 23.9 Å². The van der Waals surface area contributed by atoms with Crippen LogP contribution in [0, 0.1) is 11.8 Å². The lowest BCUT2D eigenvalue weighted by Crippen LogP contribution is -2.61. The molecule has 42 heavy (non-hydrogen) atoms. The fraction of sp³-hybridized carbons (Fsp3) is 0.469. The summed E-state index contributed by atoms with van der Waals surface area (Å²) < 4.78 is 5.73. The topological polar surface area (TPSA) is 130 Å². The Bertz CT molecular complexity index is 1340. The minimum Gasteiger partial charge on any atom is -0.455 e. The largest absolute Gasteiger partial charge is 0.455 e. The van der Waals surface area contributed by atoms with Crippen LogP contribution in [0.3, 0.4) is 0 Å². The Morgan fingerprint density at radius 1 is 1.07 bits per heavy atom. The van der Waals surface area contributed by atoms with E-state index in [2.05, 4.69) is 27.6 Å². The first-order chi connectivity index (χ1) is 19.9. The number of hydrazine groups is 1. The molecule has 3 rings (SSSR count). The molecule has 2 aromatic rings. The summed E-state index contributed by atoms with van der Waals surface area (Å²) in [5.74, 6) is -2.17. The number of aromatic nitrogens is 1. The molecule has 0 bridgehead atoms. The van der Waals surface area contributed by atoms with Crippen molar-refractivity contribution in [3.05, 3.63) is 60.3 Å². The lowest BCUT2D eigenvalue weighted by Gasteiger charge is -2.35. The number of pyridine rings is 1. The highest BCUT2D eigenvalue weighted by atomic mass is 16.5. The van der Waals surface area contributed by atoms with Gasteiger partial charge in [0.15, 0.2) is 0 Å². The lowest BCUT2D eigenvalue weighted by atomic mass is 10.0. The van der Waals surface area contributed by atoms with Crippen LogP contribution in [-0.2, 0) is 23.9 Å². The molecule has 1 aromatic carbocycles. The third kappa shape index (κ3) is 8.25. The van der Waals surface area contributed by atoms with E-state index >= 15 is 0 Å². The third-order valence-electron chi connectivity index (χ3n) is 7.29. The molecule has 1 fully saturated rings. The number of allylic oxidation sites excluding steroid dienone is 1. The van der Waals surface area contributed by atoms with Crippen LogP contribution in [0.5, 0.6) is 0 Å². The minimum atomic E-state index is -0.882. The van der Waals surface area contributed by atoms with Crippen molar-refractivity contribution >= 4 is 40.7 Å². The smallest absolute Gasteiger partial charge is 0.325 e. The Hall–Kier alpha value is -4.05. The summed E-state index contributed by atoms with van der Waals surface area (Å²) in [4.78, 5) is 56.4. The van der Waals surface area contributed by atoms with Crippen LogP contribution in [0.25, 0.3) is 17.0 Å². The van der Waals surface area contributed by atoms with Gasteiger partial charge in [-0.1, -0.05) is 63.8 Å². The number of ether oxygens (including phenoxy) is 1. The minimum absolute atomic E-state index is 0.190. The molecule has 226 valence electrons. The van der Waals surface area contributed by atoms with E-state index in [0.29, 0.717) is 25.1 Å². The number of esters is 1. The molecule has 0 aliphatic carbocycles. The number of amides is 3. The molecule has 0 saturated carbocycles. The van der Waals surface area contributed by atoms with E-state index in [0.717, 1.165) is 16.5 Å². The number of nitrogens with one attached hydrogen (secondary N) is 3. The standard InChI is InChI=1S/C32H43N5O5/c1-8-11-20(5)29(38)35-28(19(3)4)30(39)33-21(6)31(40)37-17-10-12-26(36-37)32(41)42-22(7)25-16-15-24-14-13-23(9-2)18-27(24)34-25/h8-9,11,13-16,18-22,26,28,36H,2,10,12,17H2,1,3-7H3,(H,33,39)(H,35,38)/b11-8+/t20-,21-,22+,26-,28?/m0/s1. The first kappa shape index (κ1) is 32.5. The maximum atomic E-state index is 13.2. The molecule has 3 N–H and O–H groups in total. The SMILES string of the molecule is C=Cc1ccc2ccc([C@@H](C)OC(=O)[C@@H]3CCCN(C(=O)[C@H](C)NC(=O)C(NC(=O)[C@@H](C)/C=C/C)C(C)C)N3)nc2c1. The van der Waals surface area contributed by atoms with Crippen LogP contribution < -0.4 is 16.1 Å². The molecule has 1 aliphatic heterocycles. The van der Waals surface area contributed by atoms with E-state index in [9.17, 15) is 19.2 Å². The lowest BCUT2D eigenvalue weighted by molar-refractivity contribution is -0.157. The number of nitrogens with zero attached hydrogens (tertiary/aromatic N) is 2. The van der Waals surface area contributed by atoms with Crippen LogP contribution in [0.1, 0.15) is 71.7 Å². The molecular weight excluding hydrogens is 534 g/mol. The summed E-state index contributed by atoms with van der Waals surface area (Å²) in [6.07, 6.45) is 5.76. The van der Waals surface area contributed by atoms with Crippen LogP contribution in [0.4, 0.5) is 0 Å². The van der Waals surface area contributed by atoms with Crippen molar-refractivity contribution in [2.45, 2.75) is 78.6 Å². The van der Waals surface area contributed by atoms with E-state index in [1.54, 1.807) is 39.0 Å². The third-order valence-corrected chi connectivity index (χ3v) is 7.29. The van der Waals surface area contributed by atoms with E-state index in [4.69, 9.17) is 4.74 Å². The van der Waals surface area contributed by atoms with Gasteiger partial charge in [0, 0.05) is 11.9 Å². The van der Waals surface area contributed by atoms with Crippen molar-refractivity contribution in [2.75, 3.05) is 6.54 Å². The van der Waals surface area contributed by atoms with Crippen molar-refractivity contribution in [2.24, 2.45) is 11.8 Å². The normalized spacial score (nSPS) is 18.3.